The summed E-state index contributed by atoms with van der Waals surface area (Å²) >= 11 is 0. The SMILES string of the molecule is Nc1nc(Nc2ccc(Oc3ccnc(C(F)(F)F)c3)cc2)cc(-c2cccc(F)c2)n1. The third kappa shape index (κ3) is 5.09. The Balaban J connectivity index is 1.50. The Hall–Kier alpha value is -4.21. The Morgan fingerprint density at radius 1 is 0.875 bits per heavy atom. The average molecular weight is 441 g/mol. The molecule has 32 heavy (non-hydrogen) atoms. The minimum absolute atomic E-state index is 0.00682. The van der Waals surface area contributed by atoms with Crippen LogP contribution in [0.1, 0.15) is 5.69 Å². The molecule has 0 amide bonds. The smallest absolute Gasteiger partial charge is 0.433 e. The number of alkyl halides is 3. The van der Waals surface area contributed by atoms with Crippen molar-refractivity contribution in [2.75, 3.05) is 11.1 Å². The van der Waals surface area contributed by atoms with E-state index in [9.17, 15) is 17.6 Å². The zero-order valence-corrected chi connectivity index (χ0v) is 16.3. The average Bonchev–Trinajstić information content (AvgIpc) is 2.74. The zero-order chi connectivity index (χ0) is 22.7. The van der Waals surface area contributed by atoms with Crippen molar-refractivity contribution >= 4 is 17.5 Å². The largest absolute Gasteiger partial charge is 0.457 e. The molecule has 2 heterocycles. The molecule has 3 N–H and O–H groups in total. The Morgan fingerprint density at radius 3 is 2.38 bits per heavy atom. The van der Waals surface area contributed by atoms with Crippen molar-refractivity contribution in [3.63, 3.8) is 0 Å². The maximum Gasteiger partial charge on any atom is 0.433 e. The molecule has 6 nitrogen and oxygen atoms in total. The molecule has 162 valence electrons. The molecule has 0 radical (unpaired) electrons. The fraction of sp³-hybridized carbons (Fsp3) is 0.0455. The van der Waals surface area contributed by atoms with E-state index >= 15 is 0 Å². The van der Waals surface area contributed by atoms with Crippen LogP contribution in [0.3, 0.4) is 0 Å². The first kappa shape index (κ1) is 21.0. The van der Waals surface area contributed by atoms with Gasteiger partial charge >= 0.3 is 6.18 Å². The summed E-state index contributed by atoms with van der Waals surface area (Å²) in [6.45, 7) is 0. The number of benzene rings is 2. The van der Waals surface area contributed by atoms with Gasteiger partial charge in [-0.2, -0.15) is 18.2 Å². The van der Waals surface area contributed by atoms with E-state index in [-0.39, 0.29) is 11.7 Å². The second-order valence-corrected chi connectivity index (χ2v) is 6.63. The summed E-state index contributed by atoms with van der Waals surface area (Å²) in [7, 11) is 0. The first-order chi connectivity index (χ1) is 15.3. The summed E-state index contributed by atoms with van der Waals surface area (Å²) in [5.74, 6) is 0.331. The highest BCUT2D eigenvalue weighted by atomic mass is 19.4. The highest BCUT2D eigenvalue weighted by molar-refractivity contribution is 5.67. The van der Waals surface area contributed by atoms with Crippen LogP contribution in [0.5, 0.6) is 11.5 Å². The van der Waals surface area contributed by atoms with Crippen LogP contribution in [-0.4, -0.2) is 15.0 Å². The van der Waals surface area contributed by atoms with Crippen molar-refractivity contribution < 1.29 is 22.3 Å². The van der Waals surface area contributed by atoms with Gasteiger partial charge in [-0.3, -0.25) is 4.98 Å². The molecule has 0 unspecified atom stereocenters. The molecule has 0 atom stereocenters. The van der Waals surface area contributed by atoms with Crippen molar-refractivity contribution in [2.45, 2.75) is 6.18 Å². The number of nitrogens with one attached hydrogen (secondary N) is 1. The quantitative estimate of drug-likeness (QED) is 0.380. The van der Waals surface area contributed by atoms with Gasteiger partial charge in [-0.25, -0.2) is 9.37 Å². The standard InChI is InChI=1S/C22H15F4N5O/c23-14-3-1-2-13(10-14)18-12-20(31-21(27)30-18)29-15-4-6-16(7-5-15)32-17-8-9-28-19(11-17)22(24,25)26/h1-12H,(H3,27,29,30,31). The topological polar surface area (TPSA) is 86.0 Å². The molecular weight excluding hydrogens is 426 g/mol. The third-order valence-corrected chi connectivity index (χ3v) is 4.25. The molecule has 0 aliphatic carbocycles. The van der Waals surface area contributed by atoms with Gasteiger partial charge in [-0.15, -0.1) is 0 Å². The minimum Gasteiger partial charge on any atom is -0.457 e. The predicted molar refractivity (Wildman–Crippen MR) is 111 cm³/mol. The number of hydrogen-bond acceptors (Lipinski definition) is 6. The van der Waals surface area contributed by atoms with Gasteiger partial charge in [0.15, 0.2) is 0 Å². The third-order valence-electron chi connectivity index (χ3n) is 4.25. The molecule has 0 aliphatic heterocycles. The molecule has 0 saturated carbocycles. The molecule has 2 aromatic heterocycles. The summed E-state index contributed by atoms with van der Waals surface area (Å²) in [5.41, 5.74) is 6.34. The van der Waals surface area contributed by atoms with Crippen molar-refractivity contribution in [2.24, 2.45) is 0 Å². The fourth-order valence-electron chi connectivity index (χ4n) is 2.85. The highest BCUT2D eigenvalue weighted by Crippen LogP contribution is 2.31. The van der Waals surface area contributed by atoms with Crippen molar-refractivity contribution in [3.05, 3.63) is 84.4 Å². The number of aromatic nitrogens is 3. The summed E-state index contributed by atoms with van der Waals surface area (Å²) in [4.78, 5) is 11.5. The number of halogens is 4. The summed E-state index contributed by atoms with van der Waals surface area (Å²) in [6, 6.07) is 16.2. The van der Waals surface area contributed by atoms with Gasteiger partial charge in [-0.05, 0) is 42.5 Å². The fourth-order valence-corrected chi connectivity index (χ4v) is 2.85. The minimum atomic E-state index is -4.56. The number of pyridine rings is 1. The van der Waals surface area contributed by atoms with E-state index in [0.29, 0.717) is 28.5 Å². The lowest BCUT2D eigenvalue weighted by Crippen LogP contribution is -2.07. The van der Waals surface area contributed by atoms with E-state index in [0.717, 1.165) is 12.3 Å². The highest BCUT2D eigenvalue weighted by Gasteiger charge is 2.32. The second kappa shape index (κ2) is 8.50. The monoisotopic (exact) mass is 441 g/mol. The summed E-state index contributed by atoms with van der Waals surface area (Å²) < 4.78 is 57.4. The Bertz CT molecular complexity index is 1250. The van der Waals surface area contributed by atoms with Crippen LogP contribution in [-0.2, 0) is 6.18 Å². The Labute approximate surface area is 179 Å². The van der Waals surface area contributed by atoms with Gasteiger partial charge in [0.25, 0.3) is 0 Å². The molecule has 0 bridgehead atoms. The number of hydrogen-bond donors (Lipinski definition) is 2. The Morgan fingerprint density at radius 2 is 1.66 bits per heavy atom. The molecule has 0 aliphatic rings. The molecule has 0 spiro atoms. The van der Waals surface area contributed by atoms with Crippen LogP contribution in [0, 0.1) is 5.82 Å². The van der Waals surface area contributed by atoms with Gasteiger partial charge in [-0.1, -0.05) is 12.1 Å². The van der Waals surface area contributed by atoms with Gasteiger partial charge in [0.05, 0.1) is 5.69 Å². The number of nitrogen functional groups attached to an aromatic ring is 1. The van der Waals surface area contributed by atoms with Gasteiger partial charge < -0.3 is 15.8 Å². The van der Waals surface area contributed by atoms with Crippen LogP contribution < -0.4 is 15.8 Å². The van der Waals surface area contributed by atoms with E-state index in [1.807, 2.05) is 0 Å². The van der Waals surface area contributed by atoms with E-state index in [4.69, 9.17) is 10.5 Å². The Kier molecular flexibility index (Phi) is 5.59. The van der Waals surface area contributed by atoms with Crippen LogP contribution in [0.4, 0.5) is 35.0 Å². The van der Waals surface area contributed by atoms with Crippen molar-refractivity contribution in [1.82, 2.24) is 15.0 Å². The molecular formula is C22H15F4N5O. The van der Waals surface area contributed by atoms with E-state index < -0.39 is 17.7 Å². The lowest BCUT2D eigenvalue weighted by molar-refractivity contribution is -0.141. The van der Waals surface area contributed by atoms with Crippen LogP contribution >= 0.6 is 0 Å². The molecule has 4 rings (SSSR count). The summed E-state index contributed by atoms with van der Waals surface area (Å²) in [5, 5.41) is 3.05. The zero-order valence-electron chi connectivity index (χ0n) is 16.3. The first-order valence-corrected chi connectivity index (χ1v) is 9.25. The van der Waals surface area contributed by atoms with E-state index in [1.165, 1.54) is 18.2 Å². The van der Waals surface area contributed by atoms with Gasteiger partial charge in [0.2, 0.25) is 5.95 Å². The lowest BCUT2D eigenvalue weighted by Gasteiger charge is -2.11. The van der Waals surface area contributed by atoms with Crippen molar-refractivity contribution in [1.29, 1.82) is 0 Å². The van der Waals surface area contributed by atoms with Crippen molar-refractivity contribution in [3.8, 4) is 22.8 Å². The summed E-state index contributed by atoms with van der Waals surface area (Å²) in [6.07, 6.45) is -3.53. The molecule has 0 saturated heterocycles. The van der Waals surface area contributed by atoms with Crippen LogP contribution in [0.2, 0.25) is 0 Å². The predicted octanol–water partition coefficient (Wildman–Crippen LogP) is 5.81. The van der Waals surface area contributed by atoms with E-state index in [2.05, 4.69) is 20.3 Å². The maximum absolute atomic E-state index is 13.5. The molecule has 10 heteroatoms. The van der Waals surface area contributed by atoms with Gasteiger partial charge in [0.1, 0.15) is 28.8 Å². The maximum atomic E-state index is 13.5. The van der Waals surface area contributed by atoms with Crippen LogP contribution in [0.15, 0.2) is 72.9 Å². The number of nitrogens with zero attached hydrogens (tertiary/aromatic N) is 3. The van der Waals surface area contributed by atoms with Crippen LogP contribution in [0.25, 0.3) is 11.3 Å². The van der Waals surface area contributed by atoms with Gasteiger partial charge in [0, 0.05) is 29.6 Å². The molecule has 4 aromatic rings. The number of nitrogens with two attached hydrogens (primary N) is 1. The number of anilines is 3. The van der Waals surface area contributed by atoms with E-state index in [1.54, 1.807) is 42.5 Å². The lowest BCUT2D eigenvalue weighted by atomic mass is 10.1. The normalized spacial score (nSPS) is 11.2. The second-order valence-electron chi connectivity index (χ2n) is 6.63. The number of rotatable bonds is 5. The molecule has 2 aromatic carbocycles. The number of ether oxygens (including phenoxy) is 1. The molecule has 0 fully saturated rings. The first-order valence-electron chi connectivity index (χ1n) is 9.25.